The summed E-state index contributed by atoms with van der Waals surface area (Å²) in [7, 11) is 0. The Labute approximate surface area is 111 Å². The van der Waals surface area contributed by atoms with Gasteiger partial charge in [-0.25, -0.2) is 4.39 Å². The van der Waals surface area contributed by atoms with Crippen LogP contribution in [-0.4, -0.2) is 36.8 Å². The summed E-state index contributed by atoms with van der Waals surface area (Å²) in [5, 5.41) is 15.3. The fraction of sp³-hybridized carbons (Fsp3) is 0.417. The molecule has 0 aliphatic carbocycles. The molecule has 0 radical (unpaired) electrons. The van der Waals surface area contributed by atoms with Gasteiger partial charge >= 0.3 is 0 Å². The van der Waals surface area contributed by atoms with E-state index in [1.807, 2.05) is 0 Å². The van der Waals surface area contributed by atoms with Gasteiger partial charge in [0.1, 0.15) is 5.82 Å². The summed E-state index contributed by atoms with van der Waals surface area (Å²) in [5.74, 6) is -0.726. The van der Waals surface area contributed by atoms with Crippen LogP contribution in [0.15, 0.2) is 24.3 Å². The molecule has 3 N–H and O–H groups in total. The molecule has 1 fully saturated rings. The van der Waals surface area contributed by atoms with Gasteiger partial charge in [0, 0.05) is 31.1 Å². The number of benzene rings is 1. The van der Waals surface area contributed by atoms with E-state index in [1.54, 1.807) is 6.07 Å². The molecule has 1 aliphatic rings. The van der Waals surface area contributed by atoms with Crippen molar-refractivity contribution in [3.05, 3.63) is 35.6 Å². The first-order valence-corrected chi connectivity index (χ1v) is 5.59. The van der Waals surface area contributed by atoms with Gasteiger partial charge < -0.3 is 15.7 Å². The normalized spacial score (nSPS) is 22.3. The van der Waals surface area contributed by atoms with Crippen molar-refractivity contribution in [2.75, 3.05) is 19.6 Å². The smallest absolute Gasteiger partial charge is 0.251 e. The van der Waals surface area contributed by atoms with E-state index in [1.165, 1.54) is 18.2 Å². The summed E-state index contributed by atoms with van der Waals surface area (Å²) < 4.78 is 12.9. The zero-order valence-electron chi connectivity index (χ0n) is 9.73. The summed E-state index contributed by atoms with van der Waals surface area (Å²) in [6, 6.07) is 5.54. The van der Waals surface area contributed by atoms with E-state index in [9.17, 15) is 14.3 Å². The molecule has 1 aromatic carbocycles. The highest BCUT2D eigenvalue weighted by atomic mass is 35.5. The van der Waals surface area contributed by atoms with Gasteiger partial charge in [0.2, 0.25) is 0 Å². The Balaban J connectivity index is 0.00000162. The van der Waals surface area contributed by atoms with Crippen LogP contribution in [0.4, 0.5) is 4.39 Å². The molecule has 1 aliphatic heterocycles. The molecular formula is C12H16ClFN2O2. The standard InChI is InChI=1S/C12H15FN2O2.ClH/c13-10-3-1-2-8(4-10)12(17)15-6-9-5-14-7-11(9)16;/h1-4,9,11,14,16H,5-7H2,(H,15,17);1H. The first-order valence-electron chi connectivity index (χ1n) is 5.59. The Morgan fingerprint density at radius 1 is 1.50 bits per heavy atom. The Morgan fingerprint density at radius 3 is 2.89 bits per heavy atom. The van der Waals surface area contributed by atoms with Crippen molar-refractivity contribution in [2.24, 2.45) is 5.92 Å². The summed E-state index contributed by atoms with van der Waals surface area (Å²) in [6.45, 7) is 1.63. The number of rotatable bonds is 3. The number of carbonyl (C=O) groups is 1. The molecule has 1 aromatic rings. The number of β-amino-alcohol motifs (C(OH)–C–C–N with tert-alkyl or cyclic N) is 1. The predicted molar refractivity (Wildman–Crippen MR) is 68.3 cm³/mol. The number of nitrogens with one attached hydrogen (secondary N) is 2. The van der Waals surface area contributed by atoms with Crippen LogP contribution in [-0.2, 0) is 0 Å². The third kappa shape index (κ3) is 3.66. The van der Waals surface area contributed by atoms with Gasteiger partial charge in [-0.1, -0.05) is 6.07 Å². The van der Waals surface area contributed by atoms with Gasteiger partial charge in [-0.2, -0.15) is 0 Å². The van der Waals surface area contributed by atoms with E-state index < -0.39 is 11.9 Å². The van der Waals surface area contributed by atoms with Gasteiger partial charge in [-0.15, -0.1) is 12.4 Å². The van der Waals surface area contributed by atoms with E-state index in [0.717, 1.165) is 0 Å². The summed E-state index contributed by atoms with van der Waals surface area (Å²) >= 11 is 0. The molecule has 2 rings (SSSR count). The quantitative estimate of drug-likeness (QED) is 0.755. The number of carbonyl (C=O) groups excluding carboxylic acids is 1. The molecule has 2 unspecified atom stereocenters. The zero-order valence-corrected chi connectivity index (χ0v) is 10.5. The predicted octanol–water partition coefficient (Wildman–Crippen LogP) is 0.558. The fourth-order valence-corrected chi connectivity index (χ4v) is 1.88. The monoisotopic (exact) mass is 274 g/mol. The van der Waals surface area contributed by atoms with Crippen molar-refractivity contribution in [3.8, 4) is 0 Å². The van der Waals surface area contributed by atoms with Crippen molar-refractivity contribution >= 4 is 18.3 Å². The summed E-state index contributed by atoms with van der Waals surface area (Å²) in [5.41, 5.74) is 0.297. The highest BCUT2D eigenvalue weighted by molar-refractivity contribution is 5.94. The number of aliphatic hydroxyl groups is 1. The Morgan fingerprint density at radius 2 is 2.28 bits per heavy atom. The van der Waals surface area contributed by atoms with Crippen molar-refractivity contribution in [3.63, 3.8) is 0 Å². The van der Waals surface area contributed by atoms with E-state index >= 15 is 0 Å². The summed E-state index contributed by atoms with van der Waals surface area (Å²) in [4.78, 5) is 11.7. The van der Waals surface area contributed by atoms with Crippen LogP contribution >= 0.6 is 12.4 Å². The van der Waals surface area contributed by atoms with Gasteiger partial charge in [0.25, 0.3) is 5.91 Å². The van der Waals surface area contributed by atoms with Crippen molar-refractivity contribution in [1.29, 1.82) is 0 Å². The molecule has 100 valence electrons. The van der Waals surface area contributed by atoms with Crippen LogP contribution in [0.25, 0.3) is 0 Å². The molecule has 0 saturated carbocycles. The highest BCUT2D eigenvalue weighted by Crippen LogP contribution is 2.08. The zero-order chi connectivity index (χ0) is 12.3. The lowest BCUT2D eigenvalue weighted by atomic mass is 10.1. The molecule has 1 heterocycles. The van der Waals surface area contributed by atoms with Crippen LogP contribution in [0.1, 0.15) is 10.4 Å². The molecule has 1 amide bonds. The van der Waals surface area contributed by atoms with Gasteiger partial charge in [0.05, 0.1) is 6.10 Å². The molecule has 6 heteroatoms. The molecule has 0 spiro atoms. The van der Waals surface area contributed by atoms with Crippen LogP contribution in [0.5, 0.6) is 0 Å². The average Bonchev–Trinajstić information content (AvgIpc) is 2.72. The van der Waals surface area contributed by atoms with Crippen LogP contribution in [0.3, 0.4) is 0 Å². The van der Waals surface area contributed by atoms with Gasteiger partial charge in [0.15, 0.2) is 0 Å². The number of hydrogen-bond donors (Lipinski definition) is 3. The first-order chi connectivity index (χ1) is 8.16. The number of amides is 1. The Hall–Kier alpha value is -1.17. The van der Waals surface area contributed by atoms with E-state index in [2.05, 4.69) is 10.6 Å². The average molecular weight is 275 g/mol. The van der Waals surface area contributed by atoms with E-state index in [0.29, 0.717) is 25.2 Å². The lowest BCUT2D eigenvalue weighted by Crippen LogP contribution is -2.34. The second kappa shape index (κ2) is 6.68. The second-order valence-corrected chi connectivity index (χ2v) is 4.21. The lowest BCUT2D eigenvalue weighted by molar-refractivity contribution is 0.0926. The van der Waals surface area contributed by atoms with Crippen LogP contribution in [0, 0.1) is 11.7 Å². The third-order valence-electron chi connectivity index (χ3n) is 2.92. The molecule has 4 nitrogen and oxygen atoms in total. The van der Waals surface area contributed by atoms with E-state index in [-0.39, 0.29) is 24.2 Å². The van der Waals surface area contributed by atoms with Crippen molar-refractivity contribution < 1.29 is 14.3 Å². The van der Waals surface area contributed by atoms with E-state index in [4.69, 9.17) is 0 Å². The molecule has 1 saturated heterocycles. The molecule has 18 heavy (non-hydrogen) atoms. The highest BCUT2D eigenvalue weighted by Gasteiger charge is 2.25. The largest absolute Gasteiger partial charge is 0.391 e. The topological polar surface area (TPSA) is 61.4 Å². The minimum Gasteiger partial charge on any atom is -0.391 e. The minimum atomic E-state index is -0.430. The van der Waals surface area contributed by atoms with Gasteiger partial charge in [-0.05, 0) is 18.2 Å². The molecular weight excluding hydrogens is 259 g/mol. The Bertz CT molecular complexity index is 417. The third-order valence-corrected chi connectivity index (χ3v) is 2.92. The van der Waals surface area contributed by atoms with Crippen molar-refractivity contribution in [2.45, 2.75) is 6.10 Å². The fourth-order valence-electron chi connectivity index (χ4n) is 1.88. The first kappa shape index (κ1) is 14.9. The molecule has 0 aromatic heterocycles. The Kier molecular flexibility index (Phi) is 5.53. The molecule has 0 bridgehead atoms. The van der Waals surface area contributed by atoms with Crippen LogP contribution in [0.2, 0.25) is 0 Å². The molecule has 2 atom stereocenters. The number of hydrogen-bond acceptors (Lipinski definition) is 3. The minimum absolute atomic E-state index is 0. The van der Waals surface area contributed by atoms with Crippen molar-refractivity contribution in [1.82, 2.24) is 10.6 Å². The second-order valence-electron chi connectivity index (χ2n) is 4.21. The maximum absolute atomic E-state index is 12.9. The van der Waals surface area contributed by atoms with Gasteiger partial charge in [-0.3, -0.25) is 4.79 Å². The number of aliphatic hydroxyl groups excluding tert-OH is 1. The maximum atomic E-state index is 12.9. The SMILES string of the molecule is Cl.O=C(NCC1CNCC1O)c1cccc(F)c1. The number of halogens is 2. The maximum Gasteiger partial charge on any atom is 0.251 e. The summed E-state index contributed by atoms with van der Waals surface area (Å²) in [6.07, 6.45) is -0.428. The van der Waals surface area contributed by atoms with Crippen LogP contribution < -0.4 is 10.6 Å². The lowest BCUT2D eigenvalue weighted by Gasteiger charge is -2.14.